The molecule has 0 spiro atoms. The minimum Gasteiger partial charge on any atom is -0.355 e. The lowest BCUT2D eigenvalue weighted by Gasteiger charge is -2.19. The summed E-state index contributed by atoms with van der Waals surface area (Å²) in [4.78, 5) is 11.3. The van der Waals surface area contributed by atoms with Crippen molar-refractivity contribution in [2.24, 2.45) is 17.1 Å². The van der Waals surface area contributed by atoms with Crippen LogP contribution in [-0.2, 0) is 4.79 Å². The summed E-state index contributed by atoms with van der Waals surface area (Å²) in [6.07, 6.45) is 0. The Morgan fingerprint density at radius 3 is 2.33 bits per heavy atom. The highest BCUT2D eigenvalue weighted by molar-refractivity contribution is 5.81. The Morgan fingerprint density at radius 2 is 2.00 bits per heavy atom. The van der Waals surface area contributed by atoms with Crippen LogP contribution in [0.4, 0.5) is 0 Å². The van der Waals surface area contributed by atoms with Crippen LogP contribution in [0.5, 0.6) is 0 Å². The molecular weight excluding hydrogens is 152 g/mol. The third-order valence-electron chi connectivity index (χ3n) is 1.69. The van der Waals surface area contributed by atoms with Crippen molar-refractivity contribution in [3.05, 3.63) is 0 Å². The predicted molar refractivity (Wildman–Crippen MR) is 50.7 cm³/mol. The average Bonchev–Trinajstić information content (AvgIpc) is 1.97. The van der Waals surface area contributed by atoms with E-state index in [2.05, 4.69) is 5.32 Å². The molecule has 0 fully saturated rings. The van der Waals surface area contributed by atoms with E-state index in [1.54, 1.807) is 0 Å². The molecule has 72 valence electrons. The van der Waals surface area contributed by atoms with Crippen molar-refractivity contribution in [1.82, 2.24) is 5.32 Å². The summed E-state index contributed by atoms with van der Waals surface area (Å²) in [5.41, 5.74) is 5.12. The van der Waals surface area contributed by atoms with Gasteiger partial charge in [0.25, 0.3) is 0 Å². The molecule has 12 heavy (non-hydrogen) atoms. The van der Waals surface area contributed by atoms with Gasteiger partial charge in [-0.05, 0) is 12.5 Å². The number of amides is 1. The quantitative estimate of drug-likeness (QED) is 0.660. The van der Waals surface area contributed by atoms with Gasteiger partial charge in [0.2, 0.25) is 5.91 Å². The normalized spacial score (nSPS) is 14.1. The summed E-state index contributed by atoms with van der Waals surface area (Å²) in [5.74, 6) is 0.444. The van der Waals surface area contributed by atoms with E-state index in [1.807, 2.05) is 27.7 Å². The molecule has 0 saturated carbocycles. The molecule has 0 aromatic rings. The Kier molecular flexibility index (Phi) is 4.24. The molecule has 1 unspecified atom stereocenters. The first kappa shape index (κ1) is 11.4. The van der Waals surface area contributed by atoms with Gasteiger partial charge in [0, 0.05) is 12.0 Å². The Labute approximate surface area is 74.7 Å². The molecule has 0 aromatic carbocycles. The molecule has 1 atom stereocenters. The zero-order valence-corrected chi connectivity index (χ0v) is 8.48. The lowest BCUT2D eigenvalue weighted by atomic mass is 9.95. The number of hydrogen-bond acceptors (Lipinski definition) is 2. The summed E-state index contributed by atoms with van der Waals surface area (Å²) >= 11 is 0. The van der Waals surface area contributed by atoms with E-state index in [1.165, 1.54) is 0 Å². The Morgan fingerprint density at radius 1 is 1.50 bits per heavy atom. The topological polar surface area (TPSA) is 55.1 Å². The van der Waals surface area contributed by atoms with Crippen molar-refractivity contribution in [3.8, 4) is 0 Å². The van der Waals surface area contributed by atoms with Crippen molar-refractivity contribution in [2.75, 3.05) is 13.1 Å². The lowest BCUT2D eigenvalue weighted by molar-refractivity contribution is -0.128. The van der Waals surface area contributed by atoms with Gasteiger partial charge < -0.3 is 11.1 Å². The molecule has 0 saturated heterocycles. The highest BCUT2D eigenvalue weighted by Gasteiger charge is 2.20. The Bertz CT molecular complexity index is 149. The summed E-state index contributed by atoms with van der Waals surface area (Å²) in [5, 5.41) is 2.85. The van der Waals surface area contributed by atoms with E-state index in [4.69, 9.17) is 5.73 Å². The van der Waals surface area contributed by atoms with Gasteiger partial charge in [0.1, 0.15) is 0 Å². The minimum atomic E-state index is -0.297. The van der Waals surface area contributed by atoms with Crippen LogP contribution < -0.4 is 11.1 Å². The van der Waals surface area contributed by atoms with Gasteiger partial charge in [-0.15, -0.1) is 0 Å². The van der Waals surface area contributed by atoms with Crippen molar-refractivity contribution in [2.45, 2.75) is 27.7 Å². The third-order valence-corrected chi connectivity index (χ3v) is 1.69. The van der Waals surface area contributed by atoms with Gasteiger partial charge in [-0.3, -0.25) is 4.79 Å². The van der Waals surface area contributed by atoms with E-state index in [0.717, 1.165) is 0 Å². The van der Waals surface area contributed by atoms with Crippen LogP contribution in [0.25, 0.3) is 0 Å². The number of rotatable bonds is 3. The van der Waals surface area contributed by atoms with Gasteiger partial charge in [-0.25, -0.2) is 0 Å². The van der Waals surface area contributed by atoms with Crippen molar-refractivity contribution < 1.29 is 4.79 Å². The van der Waals surface area contributed by atoms with E-state index >= 15 is 0 Å². The second-order valence-electron chi connectivity index (χ2n) is 4.30. The number of nitrogens with one attached hydrogen (secondary N) is 1. The molecule has 0 aromatic heterocycles. The number of carbonyl (C=O) groups excluding carboxylic acids is 1. The van der Waals surface area contributed by atoms with Crippen LogP contribution in [-0.4, -0.2) is 19.0 Å². The van der Waals surface area contributed by atoms with Crippen molar-refractivity contribution in [3.63, 3.8) is 0 Å². The van der Waals surface area contributed by atoms with Gasteiger partial charge in [0.05, 0.1) is 0 Å². The molecule has 0 rings (SSSR count). The fourth-order valence-corrected chi connectivity index (χ4v) is 0.615. The maximum Gasteiger partial charge on any atom is 0.225 e. The van der Waals surface area contributed by atoms with Crippen LogP contribution in [0.15, 0.2) is 0 Å². The van der Waals surface area contributed by atoms with Crippen LogP contribution in [0.3, 0.4) is 0 Å². The van der Waals surface area contributed by atoms with Crippen molar-refractivity contribution >= 4 is 5.91 Å². The number of nitrogens with two attached hydrogens (primary N) is 1. The summed E-state index contributed by atoms with van der Waals surface area (Å²) in [6.45, 7) is 9.00. The van der Waals surface area contributed by atoms with Gasteiger partial charge >= 0.3 is 0 Å². The molecule has 0 aliphatic rings. The molecule has 0 heterocycles. The monoisotopic (exact) mass is 172 g/mol. The molecule has 3 N–H and O–H groups in total. The van der Waals surface area contributed by atoms with Crippen LogP contribution in [0.1, 0.15) is 27.7 Å². The second-order valence-corrected chi connectivity index (χ2v) is 4.30. The maximum absolute atomic E-state index is 11.3. The first-order chi connectivity index (χ1) is 5.38. The SMILES string of the molecule is CC(CN)CNC(=O)C(C)(C)C. The van der Waals surface area contributed by atoms with Crippen LogP contribution in [0, 0.1) is 11.3 Å². The maximum atomic E-state index is 11.3. The van der Waals surface area contributed by atoms with Crippen LogP contribution >= 0.6 is 0 Å². The molecule has 1 amide bonds. The molecule has 0 aliphatic carbocycles. The summed E-state index contributed by atoms with van der Waals surface area (Å²) in [7, 11) is 0. The minimum absolute atomic E-state index is 0.0859. The summed E-state index contributed by atoms with van der Waals surface area (Å²) in [6, 6.07) is 0. The van der Waals surface area contributed by atoms with E-state index in [-0.39, 0.29) is 11.3 Å². The average molecular weight is 172 g/mol. The number of carbonyl (C=O) groups is 1. The van der Waals surface area contributed by atoms with E-state index < -0.39 is 0 Å². The molecule has 0 bridgehead atoms. The number of hydrogen-bond donors (Lipinski definition) is 2. The third kappa shape index (κ3) is 4.34. The first-order valence-electron chi connectivity index (χ1n) is 4.36. The second kappa shape index (κ2) is 4.45. The zero-order chi connectivity index (χ0) is 9.78. The molecule has 0 aliphatic heterocycles. The molecule has 3 nitrogen and oxygen atoms in total. The van der Waals surface area contributed by atoms with Gasteiger partial charge in [-0.2, -0.15) is 0 Å². The van der Waals surface area contributed by atoms with E-state index in [9.17, 15) is 4.79 Å². The fraction of sp³-hybridized carbons (Fsp3) is 0.889. The largest absolute Gasteiger partial charge is 0.355 e. The predicted octanol–water partition coefficient (Wildman–Crippen LogP) is 0.743. The lowest BCUT2D eigenvalue weighted by Crippen LogP contribution is -2.38. The smallest absolute Gasteiger partial charge is 0.225 e. The Hall–Kier alpha value is -0.570. The van der Waals surface area contributed by atoms with Crippen LogP contribution in [0.2, 0.25) is 0 Å². The standard InChI is InChI=1S/C9H20N2O/c1-7(5-10)6-11-8(12)9(2,3)4/h7H,5-6,10H2,1-4H3,(H,11,12). The molecule has 3 heteroatoms. The van der Waals surface area contributed by atoms with E-state index in [0.29, 0.717) is 19.0 Å². The fourth-order valence-electron chi connectivity index (χ4n) is 0.615. The van der Waals surface area contributed by atoms with Gasteiger partial charge in [-0.1, -0.05) is 27.7 Å². The first-order valence-corrected chi connectivity index (χ1v) is 4.36. The highest BCUT2D eigenvalue weighted by Crippen LogP contribution is 2.12. The highest BCUT2D eigenvalue weighted by atomic mass is 16.2. The molecular formula is C9H20N2O. The van der Waals surface area contributed by atoms with Crippen molar-refractivity contribution in [1.29, 1.82) is 0 Å². The Balaban J connectivity index is 3.73. The summed E-state index contributed by atoms with van der Waals surface area (Å²) < 4.78 is 0. The zero-order valence-electron chi connectivity index (χ0n) is 8.48. The molecule has 0 radical (unpaired) electrons. The van der Waals surface area contributed by atoms with Gasteiger partial charge in [0.15, 0.2) is 0 Å².